The SMILES string of the molecule is C=C1C=CC=CC1=Nc1ccccc1C.CC.CC.CC. The van der Waals surface area contributed by atoms with Crippen molar-refractivity contribution in [2.24, 2.45) is 4.99 Å². The molecule has 0 bridgehead atoms. The largest absolute Gasteiger partial charge is 0.248 e. The third kappa shape index (κ3) is 8.09. The minimum absolute atomic E-state index is 0.937. The lowest BCUT2D eigenvalue weighted by Gasteiger charge is -2.06. The normalized spacial score (nSPS) is 13.3. The molecule has 0 saturated heterocycles. The van der Waals surface area contributed by atoms with Gasteiger partial charge in [-0.2, -0.15) is 0 Å². The second kappa shape index (κ2) is 14.5. The first kappa shape index (κ1) is 21.4. The summed E-state index contributed by atoms with van der Waals surface area (Å²) in [6.07, 6.45) is 7.90. The lowest BCUT2D eigenvalue weighted by Crippen LogP contribution is -1.97. The van der Waals surface area contributed by atoms with Crippen LogP contribution in [-0.2, 0) is 0 Å². The van der Waals surface area contributed by atoms with Gasteiger partial charge in [-0.25, -0.2) is 4.99 Å². The van der Waals surface area contributed by atoms with Crippen molar-refractivity contribution in [3.63, 3.8) is 0 Å². The lowest BCUT2D eigenvalue weighted by molar-refractivity contribution is 1.39. The van der Waals surface area contributed by atoms with Crippen LogP contribution < -0.4 is 0 Å². The fraction of sp³-hybridized carbons (Fsp3) is 0.350. The predicted molar refractivity (Wildman–Crippen MR) is 99.7 cm³/mol. The van der Waals surface area contributed by atoms with Gasteiger partial charge in [-0.1, -0.05) is 84.5 Å². The maximum absolute atomic E-state index is 4.58. The van der Waals surface area contributed by atoms with Gasteiger partial charge in [-0.3, -0.25) is 0 Å². The zero-order chi connectivity index (χ0) is 16.7. The molecule has 1 aliphatic carbocycles. The molecule has 0 aliphatic heterocycles. The minimum atomic E-state index is 0.937. The van der Waals surface area contributed by atoms with E-state index in [1.165, 1.54) is 5.56 Å². The van der Waals surface area contributed by atoms with Crippen molar-refractivity contribution in [3.8, 4) is 0 Å². The van der Waals surface area contributed by atoms with E-state index in [1.807, 2.05) is 84.0 Å². The molecule has 0 radical (unpaired) electrons. The standard InChI is InChI=1S/C14H13N.3C2H6/c1-11-7-3-5-9-13(11)15-14-10-6-4-8-12(14)2;3*1-2/h3-10H,1H2,2H3;3*1-2H3. The third-order valence-electron chi connectivity index (χ3n) is 2.35. The third-order valence-corrected chi connectivity index (χ3v) is 2.35. The number of aliphatic imine (C=N–C) groups is 1. The molecule has 0 atom stereocenters. The van der Waals surface area contributed by atoms with E-state index in [9.17, 15) is 0 Å². The molecule has 1 aromatic rings. The van der Waals surface area contributed by atoms with E-state index in [4.69, 9.17) is 0 Å². The predicted octanol–water partition coefficient (Wildman–Crippen LogP) is 6.83. The molecule has 21 heavy (non-hydrogen) atoms. The monoisotopic (exact) mass is 285 g/mol. The van der Waals surface area contributed by atoms with Crippen LogP contribution in [0, 0.1) is 6.92 Å². The Morgan fingerprint density at radius 2 is 1.33 bits per heavy atom. The van der Waals surface area contributed by atoms with Crippen LogP contribution in [0.2, 0.25) is 0 Å². The number of hydrogen-bond donors (Lipinski definition) is 0. The second-order valence-electron chi connectivity index (χ2n) is 3.53. The van der Waals surface area contributed by atoms with Gasteiger partial charge >= 0.3 is 0 Å². The summed E-state index contributed by atoms with van der Waals surface area (Å²) in [6.45, 7) is 18.0. The molecular weight excluding hydrogens is 254 g/mol. The average Bonchev–Trinajstić information content (AvgIpc) is 2.57. The summed E-state index contributed by atoms with van der Waals surface area (Å²) in [4.78, 5) is 4.58. The number of hydrogen-bond acceptors (Lipinski definition) is 1. The van der Waals surface area contributed by atoms with Gasteiger partial charge in [-0.15, -0.1) is 0 Å². The van der Waals surface area contributed by atoms with Crippen LogP contribution in [0.3, 0.4) is 0 Å². The molecule has 0 saturated carbocycles. The summed E-state index contributed by atoms with van der Waals surface area (Å²) in [5.74, 6) is 0. The highest BCUT2D eigenvalue weighted by molar-refractivity contribution is 6.12. The van der Waals surface area contributed by atoms with Crippen molar-refractivity contribution < 1.29 is 0 Å². The van der Waals surface area contributed by atoms with Gasteiger partial charge in [0.15, 0.2) is 0 Å². The molecule has 116 valence electrons. The first-order chi connectivity index (χ1) is 10.3. The number of rotatable bonds is 1. The molecule has 1 heteroatoms. The summed E-state index contributed by atoms with van der Waals surface area (Å²) < 4.78 is 0. The topological polar surface area (TPSA) is 12.4 Å². The Morgan fingerprint density at radius 1 is 0.810 bits per heavy atom. The van der Waals surface area contributed by atoms with Crippen LogP contribution in [0.1, 0.15) is 47.1 Å². The van der Waals surface area contributed by atoms with Crippen LogP contribution in [0.25, 0.3) is 0 Å². The van der Waals surface area contributed by atoms with E-state index in [0.717, 1.165) is 17.0 Å². The summed E-state index contributed by atoms with van der Waals surface area (Å²) in [7, 11) is 0. The average molecular weight is 285 g/mol. The molecular formula is C20H31N. The molecule has 1 nitrogen and oxygen atoms in total. The van der Waals surface area contributed by atoms with Gasteiger partial charge in [-0.05, 0) is 30.2 Å². The van der Waals surface area contributed by atoms with E-state index in [2.05, 4.69) is 24.6 Å². The minimum Gasteiger partial charge on any atom is -0.248 e. The number of nitrogens with zero attached hydrogens (tertiary/aromatic N) is 1. The van der Waals surface area contributed by atoms with Crippen LogP contribution in [-0.4, -0.2) is 5.71 Å². The maximum Gasteiger partial charge on any atom is 0.0703 e. The molecule has 0 aromatic heterocycles. The van der Waals surface area contributed by atoms with E-state index in [-0.39, 0.29) is 0 Å². The summed E-state index contributed by atoms with van der Waals surface area (Å²) in [5, 5.41) is 0. The van der Waals surface area contributed by atoms with Crippen molar-refractivity contribution >= 4 is 11.4 Å². The highest BCUT2D eigenvalue weighted by Crippen LogP contribution is 2.19. The maximum atomic E-state index is 4.58. The van der Waals surface area contributed by atoms with Crippen LogP contribution >= 0.6 is 0 Å². The number of para-hydroxylation sites is 1. The molecule has 1 aliphatic rings. The molecule has 0 heterocycles. The summed E-state index contributed by atoms with van der Waals surface area (Å²) in [5.41, 5.74) is 4.09. The Balaban J connectivity index is 0. The van der Waals surface area contributed by atoms with Gasteiger partial charge in [0, 0.05) is 0 Å². The molecule has 1 aromatic carbocycles. The quantitative estimate of drug-likeness (QED) is 0.536. The number of allylic oxidation sites excluding steroid dienone is 5. The first-order valence-electron chi connectivity index (χ1n) is 7.96. The van der Waals surface area contributed by atoms with Crippen LogP contribution in [0.15, 0.2) is 65.7 Å². The van der Waals surface area contributed by atoms with E-state index in [0.29, 0.717) is 0 Å². The van der Waals surface area contributed by atoms with Crippen molar-refractivity contribution in [3.05, 3.63) is 66.3 Å². The van der Waals surface area contributed by atoms with Gasteiger partial charge in [0.25, 0.3) is 0 Å². The zero-order valence-electron chi connectivity index (χ0n) is 14.8. The summed E-state index contributed by atoms with van der Waals surface area (Å²) >= 11 is 0. The Kier molecular flexibility index (Phi) is 14.8. The van der Waals surface area contributed by atoms with Crippen molar-refractivity contribution in [1.82, 2.24) is 0 Å². The fourth-order valence-corrected chi connectivity index (χ4v) is 1.44. The van der Waals surface area contributed by atoms with Crippen molar-refractivity contribution in [2.75, 3.05) is 0 Å². The first-order valence-corrected chi connectivity index (χ1v) is 7.96. The fourth-order valence-electron chi connectivity index (χ4n) is 1.44. The van der Waals surface area contributed by atoms with Gasteiger partial charge in [0.2, 0.25) is 0 Å². The lowest BCUT2D eigenvalue weighted by atomic mass is 10.1. The van der Waals surface area contributed by atoms with Crippen molar-refractivity contribution in [1.29, 1.82) is 0 Å². The Bertz CT molecular complexity index is 476. The van der Waals surface area contributed by atoms with E-state index < -0.39 is 0 Å². The Hall–Kier alpha value is -1.89. The molecule has 0 N–H and O–H groups in total. The van der Waals surface area contributed by atoms with Gasteiger partial charge in [0.1, 0.15) is 0 Å². The number of aryl methyl sites for hydroxylation is 1. The highest BCUT2D eigenvalue weighted by atomic mass is 14.7. The van der Waals surface area contributed by atoms with E-state index >= 15 is 0 Å². The number of benzene rings is 1. The van der Waals surface area contributed by atoms with Gasteiger partial charge < -0.3 is 0 Å². The second-order valence-corrected chi connectivity index (χ2v) is 3.53. The van der Waals surface area contributed by atoms with Crippen LogP contribution in [0.4, 0.5) is 5.69 Å². The molecule has 2 rings (SSSR count). The zero-order valence-corrected chi connectivity index (χ0v) is 14.8. The molecule has 0 fully saturated rings. The van der Waals surface area contributed by atoms with E-state index in [1.54, 1.807) is 0 Å². The van der Waals surface area contributed by atoms with Gasteiger partial charge in [0.05, 0.1) is 11.4 Å². The Labute approximate surface area is 131 Å². The molecule has 0 spiro atoms. The Morgan fingerprint density at radius 3 is 1.86 bits per heavy atom. The van der Waals surface area contributed by atoms with Crippen LogP contribution in [0.5, 0.6) is 0 Å². The highest BCUT2D eigenvalue weighted by Gasteiger charge is 2.02. The summed E-state index contributed by atoms with van der Waals surface area (Å²) in [6, 6.07) is 8.09. The van der Waals surface area contributed by atoms with Crippen molar-refractivity contribution in [2.45, 2.75) is 48.5 Å². The smallest absolute Gasteiger partial charge is 0.0703 e. The molecule has 0 amide bonds. The molecule has 0 unspecified atom stereocenters.